The third-order valence-corrected chi connectivity index (χ3v) is 3.01. The van der Waals surface area contributed by atoms with Crippen molar-refractivity contribution in [3.63, 3.8) is 0 Å². The predicted octanol–water partition coefficient (Wildman–Crippen LogP) is 2.37. The van der Waals surface area contributed by atoms with Crippen LogP contribution in [0.1, 0.15) is 13.8 Å². The van der Waals surface area contributed by atoms with E-state index in [4.69, 9.17) is 4.74 Å². The normalized spacial score (nSPS) is 11.7. The van der Waals surface area contributed by atoms with Crippen LogP contribution < -0.4 is 10.9 Å². The number of anilines is 1. The zero-order valence-electron chi connectivity index (χ0n) is 10.9. The highest BCUT2D eigenvalue weighted by atomic mass is 16.5. The Hall–Kier alpha value is -1.81. The molecule has 0 amide bonds. The van der Waals surface area contributed by atoms with E-state index in [0.717, 1.165) is 5.39 Å². The molecule has 0 spiro atoms. The molecule has 0 aliphatic heterocycles. The smallest absolute Gasteiger partial charge is 0.257 e. The molecule has 0 saturated carbocycles. The molecule has 0 saturated heterocycles. The van der Waals surface area contributed by atoms with E-state index in [0.29, 0.717) is 17.7 Å². The Morgan fingerprint density at radius 2 is 2.06 bits per heavy atom. The molecule has 0 radical (unpaired) electrons. The molecular weight excluding hydrogens is 228 g/mol. The van der Waals surface area contributed by atoms with Gasteiger partial charge in [-0.25, -0.2) is 0 Å². The summed E-state index contributed by atoms with van der Waals surface area (Å²) < 4.78 is 5.32. The first kappa shape index (κ1) is 12.6. The molecule has 2 N–H and O–H groups in total. The number of H-pyrrole nitrogens is 1. The Morgan fingerprint density at radius 1 is 1.33 bits per heavy atom. The van der Waals surface area contributed by atoms with Crippen LogP contribution in [-0.2, 0) is 4.74 Å². The van der Waals surface area contributed by atoms with Crippen LogP contribution in [-0.4, -0.2) is 24.2 Å². The lowest BCUT2D eigenvalue weighted by atomic mass is 10.1. The molecule has 4 heteroatoms. The van der Waals surface area contributed by atoms with Crippen LogP contribution in [0, 0.1) is 0 Å². The summed E-state index contributed by atoms with van der Waals surface area (Å²) in [6.07, 6.45) is 0. The number of fused-ring (bicyclic) bond motifs is 1. The lowest BCUT2D eigenvalue weighted by molar-refractivity contribution is 0.0343. The fourth-order valence-electron chi connectivity index (χ4n) is 1.69. The van der Waals surface area contributed by atoms with E-state index in [1.165, 1.54) is 0 Å². The van der Waals surface area contributed by atoms with Gasteiger partial charge < -0.3 is 15.0 Å². The largest absolute Gasteiger partial charge is 0.377 e. The Morgan fingerprint density at radius 3 is 2.78 bits per heavy atom. The maximum Gasteiger partial charge on any atom is 0.257 e. The zero-order valence-corrected chi connectivity index (χ0v) is 10.9. The first-order chi connectivity index (χ1) is 8.52. The fourth-order valence-corrected chi connectivity index (χ4v) is 1.69. The molecular formula is C14H18N2O2. The number of benzene rings is 1. The van der Waals surface area contributed by atoms with Gasteiger partial charge in [-0.15, -0.1) is 0 Å². The van der Waals surface area contributed by atoms with Gasteiger partial charge in [0.1, 0.15) is 5.82 Å². The number of aromatic nitrogens is 1. The summed E-state index contributed by atoms with van der Waals surface area (Å²) in [5.41, 5.74) is -0.353. The Bertz CT molecular complexity index is 602. The summed E-state index contributed by atoms with van der Waals surface area (Å²) >= 11 is 0. The number of nitrogens with one attached hydrogen (secondary N) is 2. The van der Waals surface area contributed by atoms with Gasteiger partial charge in [-0.05, 0) is 31.4 Å². The van der Waals surface area contributed by atoms with Crippen molar-refractivity contribution in [2.75, 3.05) is 19.0 Å². The zero-order chi connectivity index (χ0) is 13.2. The maximum absolute atomic E-state index is 11.9. The van der Waals surface area contributed by atoms with Crippen molar-refractivity contribution >= 4 is 16.6 Å². The minimum absolute atomic E-state index is 0.0779. The van der Waals surface area contributed by atoms with E-state index in [1.54, 1.807) is 7.11 Å². The summed E-state index contributed by atoms with van der Waals surface area (Å²) in [7, 11) is 1.67. The van der Waals surface area contributed by atoms with Crippen LogP contribution in [0.3, 0.4) is 0 Å². The van der Waals surface area contributed by atoms with Crippen molar-refractivity contribution in [1.82, 2.24) is 4.98 Å². The number of pyridine rings is 1. The third kappa shape index (κ3) is 2.71. The molecule has 1 aromatic heterocycles. The van der Waals surface area contributed by atoms with Gasteiger partial charge in [-0.1, -0.05) is 18.2 Å². The molecule has 0 aliphatic carbocycles. The van der Waals surface area contributed by atoms with E-state index in [2.05, 4.69) is 10.3 Å². The molecule has 0 fully saturated rings. The van der Waals surface area contributed by atoms with Crippen LogP contribution in [0.15, 0.2) is 35.1 Å². The summed E-state index contributed by atoms with van der Waals surface area (Å²) in [5.74, 6) is 0.712. The Labute approximate surface area is 106 Å². The van der Waals surface area contributed by atoms with E-state index in [-0.39, 0.29) is 11.2 Å². The van der Waals surface area contributed by atoms with E-state index in [9.17, 15) is 4.79 Å². The van der Waals surface area contributed by atoms with Crippen molar-refractivity contribution in [3.8, 4) is 0 Å². The third-order valence-electron chi connectivity index (χ3n) is 3.01. The highest BCUT2D eigenvalue weighted by Crippen LogP contribution is 2.14. The number of hydrogen-bond acceptors (Lipinski definition) is 3. The highest BCUT2D eigenvalue weighted by Gasteiger charge is 2.15. The molecule has 1 aromatic carbocycles. The lowest BCUT2D eigenvalue weighted by Gasteiger charge is -2.23. The molecule has 0 unspecified atom stereocenters. The number of rotatable bonds is 4. The minimum Gasteiger partial charge on any atom is -0.377 e. The second-order valence-electron chi connectivity index (χ2n) is 4.92. The van der Waals surface area contributed by atoms with Crippen molar-refractivity contribution in [3.05, 3.63) is 40.7 Å². The standard InChI is InChI=1S/C14H18N2O2/c1-14(2,18-3)9-15-12-8-10-6-4-5-7-11(10)13(17)16-12/h4-8H,9H2,1-3H3,(H2,15,16,17). The monoisotopic (exact) mass is 246 g/mol. The van der Waals surface area contributed by atoms with E-state index < -0.39 is 0 Å². The van der Waals surface area contributed by atoms with Gasteiger partial charge in [-0.3, -0.25) is 4.79 Å². The van der Waals surface area contributed by atoms with Crippen molar-refractivity contribution in [2.45, 2.75) is 19.4 Å². The van der Waals surface area contributed by atoms with Gasteiger partial charge in [-0.2, -0.15) is 0 Å². The Kier molecular flexibility index (Phi) is 3.39. The number of aromatic amines is 1. The van der Waals surface area contributed by atoms with Gasteiger partial charge in [0, 0.05) is 19.0 Å². The molecule has 2 aromatic rings. The SMILES string of the molecule is COC(C)(C)CNc1cc2ccccc2c(=O)[nH]1. The van der Waals surface area contributed by atoms with Crippen molar-refractivity contribution in [2.24, 2.45) is 0 Å². The van der Waals surface area contributed by atoms with Gasteiger partial charge in [0.05, 0.1) is 5.60 Å². The molecule has 18 heavy (non-hydrogen) atoms. The number of methoxy groups -OCH3 is 1. The highest BCUT2D eigenvalue weighted by molar-refractivity contribution is 5.83. The molecule has 0 bridgehead atoms. The number of hydrogen-bond donors (Lipinski definition) is 2. The molecule has 1 heterocycles. The van der Waals surface area contributed by atoms with Crippen LogP contribution in [0.25, 0.3) is 10.8 Å². The van der Waals surface area contributed by atoms with Crippen LogP contribution >= 0.6 is 0 Å². The summed E-state index contributed by atoms with van der Waals surface area (Å²) in [6.45, 7) is 4.59. The minimum atomic E-state index is -0.275. The molecule has 4 nitrogen and oxygen atoms in total. The maximum atomic E-state index is 11.9. The Balaban J connectivity index is 2.28. The van der Waals surface area contributed by atoms with Gasteiger partial charge in [0.25, 0.3) is 5.56 Å². The number of ether oxygens (including phenoxy) is 1. The lowest BCUT2D eigenvalue weighted by Crippen LogP contribution is -2.32. The van der Waals surface area contributed by atoms with Crippen LogP contribution in [0.2, 0.25) is 0 Å². The molecule has 2 rings (SSSR count). The quantitative estimate of drug-likeness (QED) is 0.870. The van der Waals surface area contributed by atoms with Gasteiger partial charge in [0.15, 0.2) is 0 Å². The van der Waals surface area contributed by atoms with E-state index in [1.807, 2.05) is 44.2 Å². The second-order valence-corrected chi connectivity index (χ2v) is 4.92. The average Bonchev–Trinajstić information content (AvgIpc) is 2.37. The summed E-state index contributed by atoms with van der Waals surface area (Å²) in [6, 6.07) is 9.46. The second kappa shape index (κ2) is 4.82. The van der Waals surface area contributed by atoms with Crippen LogP contribution in [0.4, 0.5) is 5.82 Å². The van der Waals surface area contributed by atoms with E-state index >= 15 is 0 Å². The molecule has 0 aliphatic rings. The first-order valence-corrected chi connectivity index (χ1v) is 5.93. The average molecular weight is 246 g/mol. The summed E-state index contributed by atoms with van der Waals surface area (Å²) in [5, 5.41) is 4.82. The fraction of sp³-hybridized carbons (Fsp3) is 0.357. The molecule has 0 atom stereocenters. The van der Waals surface area contributed by atoms with Crippen LogP contribution in [0.5, 0.6) is 0 Å². The topological polar surface area (TPSA) is 54.1 Å². The van der Waals surface area contributed by atoms with Crippen molar-refractivity contribution < 1.29 is 4.74 Å². The predicted molar refractivity (Wildman–Crippen MR) is 74.1 cm³/mol. The first-order valence-electron chi connectivity index (χ1n) is 5.93. The van der Waals surface area contributed by atoms with Gasteiger partial charge >= 0.3 is 0 Å². The molecule has 96 valence electrons. The van der Waals surface area contributed by atoms with Gasteiger partial charge in [0.2, 0.25) is 0 Å². The summed E-state index contributed by atoms with van der Waals surface area (Å²) in [4.78, 5) is 14.7. The van der Waals surface area contributed by atoms with Crippen molar-refractivity contribution in [1.29, 1.82) is 0 Å².